The number of anilines is 1. The molecule has 2 aliphatic carbocycles. The average Bonchev–Trinajstić information content (AvgIpc) is 2.98. The predicted molar refractivity (Wildman–Crippen MR) is 84.6 cm³/mol. The Bertz CT molecular complexity index is 478. The van der Waals surface area contributed by atoms with Crippen LogP contribution in [-0.2, 0) is 4.74 Å². The topological polar surface area (TPSA) is 38.3 Å². The lowest BCUT2D eigenvalue weighted by molar-refractivity contribution is 0.0601. The van der Waals surface area contributed by atoms with Crippen LogP contribution in [0.1, 0.15) is 61.7 Å². The molecule has 1 N–H and O–H groups in total. The highest BCUT2D eigenvalue weighted by Crippen LogP contribution is 2.49. The summed E-state index contributed by atoms with van der Waals surface area (Å²) >= 11 is 0. The lowest BCUT2D eigenvalue weighted by Crippen LogP contribution is -2.31. The number of hydrogen-bond acceptors (Lipinski definition) is 3. The molecule has 0 radical (unpaired) electrons. The Labute approximate surface area is 127 Å². The SMILES string of the molecule is COC(=O)c1ccc(NC2CCC3(CCCC3)CC2)cc1. The third-order valence-corrected chi connectivity index (χ3v) is 5.39. The third-order valence-electron chi connectivity index (χ3n) is 5.39. The Kier molecular flexibility index (Phi) is 4.18. The van der Waals surface area contributed by atoms with Crippen molar-refractivity contribution >= 4 is 11.7 Å². The highest BCUT2D eigenvalue weighted by molar-refractivity contribution is 5.89. The highest BCUT2D eigenvalue weighted by Gasteiger charge is 2.37. The molecule has 3 rings (SSSR count). The van der Waals surface area contributed by atoms with Crippen molar-refractivity contribution in [1.29, 1.82) is 0 Å². The molecule has 1 aromatic carbocycles. The van der Waals surface area contributed by atoms with Gasteiger partial charge in [0, 0.05) is 11.7 Å². The molecule has 0 bridgehead atoms. The van der Waals surface area contributed by atoms with Crippen LogP contribution in [0.2, 0.25) is 0 Å². The van der Waals surface area contributed by atoms with Gasteiger partial charge in [-0.2, -0.15) is 0 Å². The van der Waals surface area contributed by atoms with Crippen LogP contribution >= 0.6 is 0 Å². The normalized spacial score (nSPS) is 21.4. The molecule has 21 heavy (non-hydrogen) atoms. The largest absolute Gasteiger partial charge is 0.465 e. The summed E-state index contributed by atoms with van der Waals surface area (Å²) in [5.41, 5.74) is 2.40. The molecule has 0 aliphatic heterocycles. The van der Waals surface area contributed by atoms with E-state index in [0.717, 1.165) is 5.69 Å². The fourth-order valence-electron chi connectivity index (χ4n) is 4.06. The van der Waals surface area contributed by atoms with Gasteiger partial charge < -0.3 is 10.1 Å². The van der Waals surface area contributed by atoms with Gasteiger partial charge in [0.2, 0.25) is 0 Å². The van der Waals surface area contributed by atoms with E-state index in [4.69, 9.17) is 4.74 Å². The number of rotatable bonds is 3. The standard InChI is InChI=1S/C18H25NO2/c1-21-17(20)14-4-6-15(7-5-14)19-16-8-12-18(13-9-16)10-2-3-11-18/h4-7,16,19H,2-3,8-13H2,1H3. The van der Waals surface area contributed by atoms with Gasteiger partial charge in [-0.25, -0.2) is 4.79 Å². The molecule has 2 aliphatic rings. The van der Waals surface area contributed by atoms with Crippen LogP contribution in [0, 0.1) is 5.41 Å². The fourth-order valence-corrected chi connectivity index (χ4v) is 4.06. The monoisotopic (exact) mass is 287 g/mol. The number of esters is 1. The van der Waals surface area contributed by atoms with E-state index in [1.165, 1.54) is 58.5 Å². The van der Waals surface area contributed by atoms with Crippen molar-refractivity contribution in [2.45, 2.75) is 57.4 Å². The number of ether oxygens (including phenoxy) is 1. The summed E-state index contributed by atoms with van der Waals surface area (Å²) in [4.78, 5) is 11.4. The van der Waals surface area contributed by atoms with E-state index < -0.39 is 0 Å². The zero-order valence-corrected chi connectivity index (χ0v) is 12.9. The van der Waals surface area contributed by atoms with E-state index in [2.05, 4.69) is 5.32 Å². The van der Waals surface area contributed by atoms with Crippen LogP contribution in [0.4, 0.5) is 5.69 Å². The quantitative estimate of drug-likeness (QED) is 0.838. The summed E-state index contributed by atoms with van der Waals surface area (Å²) < 4.78 is 4.72. The van der Waals surface area contributed by atoms with Crippen molar-refractivity contribution in [3.8, 4) is 0 Å². The maximum absolute atomic E-state index is 11.4. The van der Waals surface area contributed by atoms with Crippen LogP contribution in [0.15, 0.2) is 24.3 Å². The van der Waals surface area contributed by atoms with Crippen LogP contribution in [0.3, 0.4) is 0 Å². The van der Waals surface area contributed by atoms with Gasteiger partial charge in [0.1, 0.15) is 0 Å². The lowest BCUT2D eigenvalue weighted by Gasteiger charge is -2.37. The van der Waals surface area contributed by atoms with E-state index in [0.29, 0.717) is 17.0 Å². The first-order valence-electron chi connectivity index (χ1n) is 8.16. The zero-order chi connectivity index (χ0) is 14.7. The molecule has 3 nitrogen and oxygen atoms in total. The van der Waals surface area contributed by atoms with Gasteiger partial charge >= 0.3 is 5.97 Å². The van der Waals surface area contributed by atoms with E-state index in [-0.39, 0.29) is 5.97 Å². The molecule has 2 saturated carbocycles. The molecule has 1 spiro atoms. The van der Waals surface area contributed by atoms with Crippen molar-refractivity contribution in [3.63, 3.8) is 0 Å². The van der Waals surface area contributed by atoms with Gasteiger partial charge in [0.05, 0.1) is 12.7 Å². The van der Waals surface area contributed by atoms with Crippen molar-refractivity contribution in [2.75, 3.05) is 12.4 Å². The fraction of sp³-hybridized carbons (Fsp3) is 0.611. The van der Waals surface area contributed by atoms with E-state index in [9.17, 15) is 4.79 Å². The Morgan fingerprint density at radius 3 is 2.29 bits per heavy atom. The minimum Gasteiger partial charge on any atom is -0.465 e. The summed E-state index contributed by atoms with van der Waals surface area (Å²) in [5, 5.41) is 3.62. The molecule has 0 unspecified atom stereocenters. The molecule has 2 fully saturated rings. The maximum atomic E-state index is 11.4. The first kappa shape index (κ1) is 14.4. The predicted octanol–water partition coefficient (Wildman–Crippen LogP) is 4.39. The summed E-state index contributed by atoms with van der Waals surface area (Å²) in [6, 6.07) is 8.20. The highest BCUT2D eigenvalue weighted by atomic mass is 16.5. The Morgan fingerprint density at radius 2 is 1.71 bits per heavy atom. The van der Waals surface area contributed by atoms with Gasteiger partial charge in [-0.3, -0.25) is 0 Å². The smallest absolute Gasteiger partial charge is 0.337 e. The molecule has 3 heteroatoms. The molecule has 0 aromatic heterocycles. The Hall–Kier alpha value is -1.51. The van der Waals surface area contributed by atoms with Gasteiger partial charge in [0.15, 0.2) is 0 Å². The molecule has 1 aromatic rings. The summed E-state index contributed by atoms with van der Waals surface area (Å²) in [6.45, 7) is 0. The summed E-state index contributed by atoms with van der Waals surface area (Å²) in [6.07, 6.45) is 11.1. The van der Waals surface area contributed by atoms with Crippen molar-refractivity contribution in [1.82, 2.24) is 0 Å². The number of carbonyl (C=O) groups is 1. The summed E-state index contributed by atoms with van der Waals surface area (Å²) in [5.74, 6) is -0.276. The number of carbonyl (C=O) groups excluding carboxylic acids is 1. The molecule has 0 atom stereocenters. The molecular weight excluding hydrogens is 262 g/mol. The number of nitrogens with one attached hydrogen (secondary N) is 1. The van der Waals surface area contributed by atoms with Crippen molar-refractivity contribution in [2.24, 2.45) is 5.41 Å². The average molecular weight is 287 g/mol. The minimum absolute atomic E-state index is 0.276. The second-order valence-corrected chi connectivity index (χ2v) is 6.69. The molecule has 0 saturated heterocycles. The molecule has 0 amide bonds. The summed E-state index contributed by atoms with van der Waals surface area (Å²) in [7, 11) is 1.41. The molecular formula is C18H25NO2. The zero-order valence-electron chi connectivity index (χ0n) is 12.9. The Balaban J connectivity index is 1.54. The minimum atomic E-state index is -0.276. The van der Waals surface area contributed by atoms with Crippen LogP contribution < -0.4 is 5.32 Å². The van der Waals surface area contributed by atoms with Crippen LogP contribution in [-0.4, -0.2) is 19.1 Å². The number of methoxy groups -OCH3 is 1. The first-order valence-corrected chi connectivity index (χ1v) is 8.16. The van der Waals surface area contributed by atoms with E-state index in [1.807, 2.05) is 24.3 Å². The van der Waals surface area contributed by atoms with Crippen LogP contribution in [0.5, 0.6) is 0 Å². The van der Waals surface area contributed by atoms with Crippen molar-refractivity contribution < 1.29 is 9.53 Å². The second kappa shape index (κ2) is 6.08. The van der Waals surface area contributed by atoms with E-state index in [1.54, 1.807) is 0 Å². The molecule has 0 heterocycles. The van der Waals surface area contributed by atoms with E-state index >= 15 is 0 Å². The third kappa shape index (κ3) is 3.22. The Morgan fingerprint density at radius 1 is 1.10 bits per heavy atom. The van der Waals surface area contributed by atoms with Gasteiger partial charge in [-0.05, 0) is 68.2 Å². The molecule has 114 valence electrons. The van der Waals surface area contributed by atoms with Gasteiger partial charge in [-0.1, -0.05) is 12.8 Å². The first-order chi connectivity index (χ1) is 10.2. The number of benzene rings is 1. The van der Waals surface area contributed by atoms with Gasteiger partial charge in [0.25, 0.3) is 0 Å². The van der Waals surface area contributed by atoms with Crippen LogP contribution in [0.25, 0.3) is 0 Å². The van der Waals surface area contributed by atoms with Gasteiger partial charge in [-0.15, -0.1) is 0 Å². The maximum Gasteiger partial charge on any atom is 0.337 e. The number of hydrogen-bond donors (Lipinski definition) is 1. The lowest BCUT2D eigenvalue weighted by atomic mass is 9.71. The second-order valence-electron chi connectivity index (χ2n) is 6.69. The van der Waals surface area contributed by atoms with Crippen molar-refractivity contribution in [3.05, 3.63) is 29.8 Å².